The molecule has 0 amide bonds. The van der Waals surface area contributed by atoms with Gasteiger partial charge in [0.1, 0.15) is 0 Å². The minimum Gasteiger partial charge on any atom is -0.383 e. The third-order valence-electron chi connectivity index (χ3n) is 3.04. The van der Waals surface area contributed by atoms with Gasteiger partial charge in [0.2, 0.25) is 0 Å². The molecule has 5 heteroatoms. The van der Waals surface area contributed by atoms with Crippen molar-refractivity contribution in [2.45, 2.75) is 12.8 Å². The van der Waals surface area contributed by atoms with E-state index >= 15 is 0 Å². The Kier molecular flexibility index (Phi) is 3.90. The number of hydrazone groups is 1. The summed E-state index contributed by atoms with van der Waals surface area (Å²) >= 11 is 5.07. The van der Waals surface area contributed by atoms with Crippen LogP contribution in [0.5, 0.6) is 0 Å². The van der Waals surface area contributed by atoms with Crippen LogP contribution in [0.3, 0.4) is 0 Å². The van der Waals surface area contributed by atoms with E-state index in [1.54, 1.807) is 7.11 Å². The lowest BCUT2D eigenvalue weighted by molar-refractivity contribution is 0.204. The molecule has 0 aliphatic heterocycles. The molecule has 88 valence electrons. The molecule has 0 heterocycles. The average molecular weight is 239 g/mol. The fourth-order valence-corrected chi connectivity index (χ4v) is 2.24. The first-order valence-corrected chi connectivity index (χ1v) is 5.98. The molecule has 0 aromatic heterocycles. The second kappa shape index (κ2) is 5.41. The van der Waals surface area contributed by atoms with Gasteiger partial charge >= 0.3 is 0 Å². The number of thiocarbonyl (C=S) groups is 1. The van der Waals surface area contributed by atoms with E-state index in [0.717, 1.165) is 12.3 Å². The van der Waals surface area contributed by atoms with E-state index in [4.69, 9.17) is 17.0 Å². The molecule has 16 heavy (non-hydrogen) atoms. The molecule has 2 unspecified atom stereocenters. The summed E-state index contributed by atoms with van der Waals surface area (Å²) in [5, 5.41) is 7.90. The van der Waals surface area contributed by atoms with Crippen LogP contribution in [0.1, 0.15) is 12.8 Å². The molecule has 0 spiro atoms. The minimum absolute atomic E-state index is 0.564. The predicted molar refractivity (Wildman–Crippen MR) is 68.4 cm³/mol. The summed E-state index contributed by atoms with van der Waals surface area (Å²) in [6.07, 6.45) is 6.80. The summed E-state index contributed by atoms with van der Waals surface area (Å²) in [6.45, 7) is 1.35. The van der Waals surface area contributed by atoms with Gasteiger partial charge in [-0.05, 0) is 31.0 Å². The molecule has 2 N–H and O–H groups in total. The second-order valence-electron chi connectivity index (χ2n) is 4.12. The van der Waals surface area contributed by atoms with Crippen LogP contribution in [0.4, 0.5) is 0 Å². The van der Waals surface area contributed by atoms with E-state index in [1.807, 2.05) is 0 Å². The highest BCUT2D eigenvalue weighted by Gasteiger charge is 2.37. The average Bonchev–Trinajstić information content (AvgIpc) is 2.61. The van der Waals surface area contributed by atoms with Crippen molar-refractivity contribution < 1.29 is 4.74 Å². The third-order valence-corrected chi connectivity index (χ3v) is 3.27. The molecule has 1 saturated carbocycles. The van der Waals surface area contributed by atoms with Gasteiger partial charge in [-0.1, -0.05) is 12.2 Å². The first kappa shape index (κ1) is 11.5. The van der Waals surface area contributed by atoms with Crippen molar-refractivity contribution in [3.63, 3.8) is 0 Å². The highest BCUT2D eigenvalue weighted by Crippen LogP contribution is 2.39. The lowest BCUT2D eigenvalue weighted by Gasteiger charge is -2.31. The number of rotatable bonds is 4. The maximum absolute atomic E-state index is 5.07. The molecular weight excluding hydrogens is 222 g/mol. The van der Waals surface area contributed by atoms with Crippen molar-refractivity contribution in [1.29, 1.82) is 0 Å². The van der Waals surface area contributed by atoms with Gasteiger partial charge in [0.05, 0.1) is 6.61 Å². The standard InChI is InChI=1S/C11H17N3OS/c1-15-6-5-12-11(16)14-13-10-7-8-3-2-4-9(8)10/h2,4,8-9H,3,5-7H2,1H3,(H2,12,14,16)/b13-10-. The molecule has 2 atom stereocenters. The number of hydrogen-bond donors (Lipinski definition) is 2. The Bertz CT molecular complexity index is 327. The van der Waals surface area contributed by atoms with Crippen molar-refractivity contribution in [1.82, 2.24) is 10.7 Å². The number of methoxy groups -OCH3 is 1. The highest BCUT2D eigenvalue weighted by molar-refractivity contribution is 7.80. The Morgan fingerprint density at radius 1 is 1.69 bits per heavy atom. The Morgan fingerprint density at radius 2 is 2.56 bits per heavy atom. The van der Waals surface area contributed by atoms with E-state index in [9.17, 15) is 0 Å². The molecule has 0 aromatic carbocycles. The van der Waals surface area contributed by atoms with E-state index in [0.29, 0.717) is 24.2 Å². The van der Waals surface area contributed by atoms with Crippen molar-refractivity contribution >= 4 is 23.0 Å². The molecule has 0 aromatic rings. The summed E-state index contributed by atoms with van der Waals surface area (Å²) in [4.78, 5) is 0. The number of allylic oxidation sites excluding steroid dienone is 2. The molecular formula is C11H17N3OS. The van der Waals surface area contributed by atoms with Crippen LogP contribution in [0.2, 0.25) is 0 Å². The zero-order chi connectivity index (χ0) is 11.4. The summed E-state index contributed by atoms with van der Waals surface area (Å²) in [5.41, 5.74) is 4.09. The number of hydrogen-bond acceptors (Lipinski definition) is 3. The van der Waals surface area contributed by atoms with Crippen LogP contribution in [0, 0.1) is 11.8 Å². The maximum atomic E-state index is 5.07. The number of nitrogens with zero attached hydrogens (tertiary/aromatic N) is 1. The summed E-state index contributed by atoms with van der Waals surface area (Å²) < 4.78 is 4.91. The number of ether oxygens (including phenoxy) is 1. The van der Waals surface area contributed by atoms with Crippen molar-refractivity contribution in [3.8, 4) is 0 Å². The van der Waals surface area contributed by atoms with Gasteiger partial charge in [0, 0.05) is 25.3 Å². The molecule has 0 radical (unpaired) electrons. The van der Waals surface area contributed by atoms with Crippen LogP contribution in [0.25, 0.3) is 0 Å². The van der Waals surface area contributed by atoms with E-state index in [1.165, 1.54) is 12.1 Å². The Hall–Kier alpha value is -0.940. The Morgan fingerprint density at radius 3 is 3.31 bits per heavy atom. The number of nitrogens with one attached hydrogen (secondary N) is 2. The quantitative estimate of drug-likeness (QED) is 0.333. The monoisotopic (exact) mass is 239 g/mol. The lowest BCUT2D eigenvalue weighted by atomic mass is 9.74. The zero-order valence-corrected chi connectivity index (χ0v) is 10.2. The summed E-state index contributed by atoms with van der Waals surface area (Å²) in [6, 6.07) is 0. The first-order chi connectivity index (χ1) is 7.81. The van der Waals surface area contributed by atoms with E-state index < -0.39 is 0 Å². The van der Waals surface area contributed by atoms with Crippen molar-refractivity contribution in [2.75, 3.05) is 20.3 Å². The third kappa shape index (κ3) is 2.59. The van der Waals surface area contributed by atoms with Gasteiger partial charge in [-0.3, -0.25) is 5.43 Å². The molecule has 2 rings (SSSR count). The predicted octanol–water partition coefficient (Wildman–Crippen LogP) is 1.05. The van der Waals surface area contributed by atoms with Gasteiger partial charge in [-0.25, -0.2) is 0 Å². The van der Waals surface area contributed by atoms with Crippen molar-refractivity contribution in [2.24, 2.45) is 16.9 Å². The van der Waals surface area contributed by atoms with Gasteiger partial charge in [-0.2, -0.15) is 5.10 Å². The molecule has 0 bridgehead atoms. The number of fused-ring (bicyclic) bond motifs is 1. The van der Waals surface area contributed by atoms with Crippen LogP contribution >= 0.6 is 12.2 Å². The second-order valence-corrected chi connectivity index (χ2v) is 4.53. The molecule has 0 saturated heterocycles. The SMILES string of the molecule is COCCNC(=S)N/N=C1/CC2CC=CC12. The largest absolute Gasteiger partial charge is 0.383 e. The summed E-state index contributed by atoms with van der Waals surface area (Å²) in [7, 11) is 1.67. The fourth-order valence-electron chi connectivity index (χ4n) is 2.09. The van der Waals surface area contributed by atoms with Crippen LogP contribution in [-0.4, -0.2) is 31.1 Å². The van der Waals surface area contributed by atoms with Gasteiger partial charge in [0.15, 0.2) is 5.11 Å². The van der Waals surface area contributed by atoms with Crippen molar-refractivity contribution in [3.05, 3.63) is 12.2 Å². The Balaban J connectivity index is 1.69. The van der Waals surface area contributed by atoms with Crippen LogP contribution in [0.15, 0.2) is 17.3 Å². The molecule has 2 aliphatic rings. The zero-order valence-electron chi connectivity index (χ0n) is 9.40. The van der Waals surface area contributed by atoms with Gasteiger partial charge < -0.3 is 10.1 Å². The minimum atomic E-state index is 0.564. The Labute approximate surface area is 101 Å². The van der Waals surface area contributed by atoms with E-state index in [2.05, 4.69) is 28.0 Å². The maximum Gasteiger partial charge on any atom is 0.187 e. The van der Waals surface area contributed by atoms with Crippen LogP contribution in [-0.2, 0) is 4.74 Å². The fraction of sp³-hybridized carbons (Fsp3) is 0.636. The van der Waals surface area contributed by atoms with Gasteiger partial charge in [0.25, 0.3) is 0 Å². The molecule has 2 aliphatic carbocycles. The van der Waals surface area contributed by atoms with Gasteiger partial charge in [-0.15, -0.1) is 0 Å². The molecule has 4 nitrogen and oxygen atoms in total. The van der Waals surface area contributed by atoms with Crippen LogP contribution < -0.4 is 10.7 Å². The van der Waals surface area contributed by atoms with E-state index in [-0.39, 0.29) is 0 Å². The lowest BCUT2D eigenvalue weighted by Crippen LogP contribution is -2.39. The normalized spacial score (nSPS) is 28.7. The highest BCUT2D eigenvalue weighted by atomic mass is 32.1. The summed E-state index contributed by atoms with van der Waals surface area (Å²) in [5.74, 6) is 1.37. The first-order valence-electron chi connectivity index (χ1n) is 5.57. The topological polar surface area (TPSA) is 45.6 Å². The smallest absolute Gasteiger partial charge is 0.187 e. The molecule has 1 fully saturated rings.